The van der Waals surface area contributed by atoms with E-state index in [2.05, 4.69) is 5.43 Å². The van der Waals surface area contributed by atoms with E-state index < -0.39 is 14.9 Å². The van der Waals surface area contributed by atoms with Crippen LogP contribution in [-0.2, 0) is 10.0 Å². The molecular weight excluding hydrogens is 296 g/mol. The van der Waals surface area contributed by atoms with E-state index in [1.54, 1.807) is 6.92 Å². The van der Waals surface area contributed by atoms with Gasteiger partial charge in [-0.25, -0.2) is 8.42 Å². The molecule has 118 valence electrons. The first-order chi connectivity index (χ1) is 9.79. The van der Waals surface area contributed by atoms with Gasteiger partial charge < -0.3 is 5.43 Å². The molecule has 0 fully saturated rings. The summed E-state index contributed by atoms with van der Waals surface area (Å²) in [5.41, 5.74) is 2.00. The van der Waals surface area contributed by atoms with Gasteiger partial charge in [-0.05, 0) is 19.4 Å². The minimum atomic E-state index is -3.78. The number of hydrazine groups is 1. The minimum Gasteiger partial charge on any atom is -0.323 e. The largest absolute Gasteiger partial charge is 0.323 e. The van der Waals surface area contributed by atoms with Gasteiger partial charge in [-0.2, -0.15) is 4.31 Å². The van der Waals surface area contributed by atoms with E-state index in [1.165, 1.54) is 10.4 Å². The number of nitrogens with zero attached hydrogens (tertiary/aromatic N) is 2. The zero-order chi connectivity index (χ0) is 16.2. The number of nitro groups is 1. The lowest BCUT2D eigenvalue weighted by Gasteiger charge is -2.27. The van der Waals surface area contributed by atoms with Crippen LogP contribution in [0.1, 0.15) is 27.2 Å². The summed E-state index contributed by atoms with van der Waals surface area (Å²) in [6.45, 7) is 5.74. The van der Waals surface area contributed by atoms with Gasteiger partial charge in [-0.3, -0.25) is 16.0 Å². The number of nitrogen functional groups attached to an aromatic ring is 1. The molecule has 0 heterocycles. The molecule has 0 aromatic heterocycles. The molecule has 0 saturated heterocycles. The minimum absolute atomic E-state index is 0.00551. The molecule has 3 N–H and O–H groups in total. The molecule has 0 aliphatic rings. The van der Waals surface area contributed by atoms with Crippen molar-refractivity contribution >= 4 is 21.4 Å². The second-order valence-electron chi connectivity index (χ2n) is 4.55. The third-order valence-corrected chi connectivity index (χ3v) is 5.46. The van der Waals surface area contributed by atoms with Crippen LogP contribution in [0.3, 0.4) is 0 Å². The predicted molar refractivity (Wildman–Crippen MR) is 80.2 cm³/mol. The van der Waals surface area contributed by atoms with Gasteiger partial charge in [0.05, 0.1) is 10.6 Å². The van der Waals surface area contributed by atoms with Crippen LogP contribution in [0.15, 0.2) is 23.1 Å². The monoisotopic (exact) mass is 316 g/mol. The highest BCUT2D eigenvalue weighted by atomic mass is 32.2. The van der Waals surface area contributed by atoms with Crippen LogP contribution in [0.5, 0.6) is 0 Å². The number of nitrogens with one attached hydrogen (secondary N) is 1. The number of nitro benzene ring substituents is 1. The fourth-order valence-electron chi connectivity index (χ4n) is 2.02. The van der Waals surface area contributed by atoms with Gasteiger partial charge >= 0.3 is 0 Å². The lowest BCUT2D eigenvalue weighted by molar-refractivity contribution is -0.384. The molecule has 9 heteroatoms. The van der Waals surface area contributed by atoms with Crippen LogP contribution in [-0.4, -0.2) is 30.2 Å². The maximum atomic E-state index is 12.7. The Labute approximate surface area is 124 Å². The fraction of sp³-hybridized carbons (Fsp3) is 0.500. The normalized spacial score (nSPS) is 13.2. The molecule has 1 atom stereocenters. The average molecular weight is 316 g/mol. The Kier molecular flexibility index (Phi) is 5.64. The van der Waals surface area contributed by atoms with E-state index >= 15 is 0 Å². The summed E-state index contributed by atoms with van der Waals surface area (Å²) in [5, 5.41) is 10.8. The maximum absolute atomic E-state index is 12.7. The zero-order valence-corrected chi connectivity index (χ0v) is 13.1. The summed E-state index contributed by atoms with van der Waals surface area (Å²) in [6.07, 6.45) is 0.658. The SMILES string of the molecule is CCC(C)N(CC)S(=O)(=O)c1ccc([N+](=O)[O-])cc1NN. The maximum Gasteiger partial charge on any atom is 0.271 e. The first-order valence-electron chi connectivity index (χ1n) is 6.56. The molecule has 0 spiro atoms. The topological polar surface area (TPSA) is 119 Å². The Bertz CT molecular complexity index is 618. The molecule has 0 radical (unpaired) electrons. The number of nitrogens with two attached hydrogens (primary N) is 1. The highest BCUT2D eigenvalue weighted by molar-refractivity contribution is 7.89. The summed E-state index contributed by atoms with van der Waals surface area (Å²) >= 11 is 0. The van der Waals surface area contributed by atoms with Crippen LogP contribution < -0.4 is 11.3 Å². The molecule has 1 aromatic carbocycles. The van der Waals surface area contributed by atoms with Crippen LogP contribution in [0.4, 0.5) is 11.4 Å². The third-order valence-electron chi connectivity index (χ3n) is 3.31. The molecule has 0 saturated carbocycles. The smallest absolute Gasteiger partial charge is 0.271 e. The Morgan fingerprint density at radius 1 is 1.43 bits per heavy atom. The van der Waals surface area contributed by atoms with E-state index in [9.17, 15) is 18.5 Å². The van der Waals surface area contributed by atoms with Crippen molar-refractivity contribution in [2.45, 2.75) is 38.1 Å². The van der Waals surface area contributed by atoms with Crippen molar-refractivity contribution in [1.82, 2.24) is 4.31 Å². The van der Waals surface area contributed by atoms with Gasteiger partial charge in [0.15, 0.2) is 0 Å². The van der Waals surface area contributed by atoms with E-state index in [0.29, 0.717) is 13.0 Å². The van der Waals surface area contributed by atoms with Crippen molar-refractivity contribution in [3.05, 3.63) is 28.3 Å². The summed E-state index contributed by atoms with van der Waals surface area (Å²) in [7, 11) is -3.78. The van der Waals surface area contributed by atoms with Crippen LogP contribution in [0, 0.1) is 10.1 Å². The summed E-state index contributed by atoms with van der Waals surface area (Å²) in [4.78, 5) is 10.1. The summed E-state index contributed by atoms with van der Waals surface area (Å²) in [6, 6.07) is 3.28. The lowest BCUT2D eigenvalue weighted by atomic mass is 10.3. The first-order valence-corrected chi connectivity index (χ1v) is 8.00. The molecule has 1 rings (SSSR count). The van der Waals surface area contributed by atoms with Crippen molar-refractivity contribution in [3.63, 3.8) is 0 Å². The van der Waals surface area contributed by atoms with Gasteiger partial charge in [0.2, 0.25) is 10.0 Å². The van der Waals surface area contributed by atoms with Crippen molar-refractivity contribution in [2.75, 3.05) is 12.0 Å². The van der Waals surface area contributed by atoms with E-state index in [1.807, 2.05) is 13.8 Å². The highest BCUT2D eigenvalue weighted by Crippen LogP contribution is 2.29. The molecule has 0 amide bonds. The predicted octanol–water partition coefficient (Wildman–Crippen LogP) is 1.69. The number of non-ortho nitro benzene ring substituents is 1. The molecule has 1 unspecified atom stereocenters. The van der Waals surface area contributed by atoms with Gasteiger partial charge in [0, 0.05) is 24.7 Å². The molecule has 1 aromatic rings. The number of hydrogen-bond acceptors (Lipinski definition) is 6. The average Bonchev–Trinajstić information content (AvgIpc) is 2.46. The van der Waals surface area contributed by atoms with E-state index in [-0.39, 0.29) is 22.3 Å². The number of anilines is 1. The quantitative estimate of drug-likeness (QED) is 0.449. The van der Waals surface area contributed by atoms with Gasteiger partial charge in [-0.15, -0.1) is 0 Å². The Hall–Kier alpha value is -1.71. The first kappa shape index (κ1) is 17.3. The van der Waals surface area contributed by atoms with Crippen LogP contribution in [0.25, 0.3) is 0 Å². The number of hydrogen-bond donors (Lipinski definition) is 2. The molecule has 21 heavy (non-hydrogen) atoms. The highest BCUT2D eigenvalue weighted by Gasteiger charge is 2.29. The molecule has 0 aliphatic heterocycles. The van der Waals surface area contributed by atoms with Crippen molar-refractivity contribution < 1.29 is 13.3 Å². The summed E-state index contributed by atoms with van der Waals surface area (Å²) in [5.74, 6) is 5.31. The molecule has 0 aliphatic carbocycles. The number of rotatable bonds is 7. The van der Waals surface area contributed by atoms with Crippen molar-refractivity contribution in [3.8, 4) is 0 Å². The van der Waals surface area contributed by atoms with Crippen molar-refractivity contribution in [2.24, 2.45) is 5.84 Å². The fourth-order valence-corrected chi connectivity index (χ4v) is 3.87. The van der Waals surface area contributed by atoms with Gasteiger partial charge in [-0.1, -0.05) is 13.8 Å². The van der Waals surface area contributed by atoms with Gasteiger partial charge in [0.1, 0.15) is 4.90 Å². The molecule has 0 bridgehead atoms. The lowest BCUT2D eigenvalue weighted by Crippen LogP contribution is -2.38. The Morgan fingerprint density at radius 2 is 2.05 bits per heavy atom. The van der Waals surface area contributed by atoms with Crippen molar-refractivity contribution in [1.29, 1.82) is 0 Å². The van der Waals surface area contributed by atoms with E-state index in [0.717, 1.165) is 12.1 Å². The second-order valence-corrected chi connectivity index (χ2v) is 6.41. The van der Waals surface area contributed by atoms with E-state index in [4.69, 9.17) is 5.84 Å². The summed E-state index contributed by atoms with van der Waals surface area (Å²) < 4.78 is 26.7. The standard InChI is InChI=1S/C12H20N4O4S/c1-4-9(3)15(5-2)21(19,20)12-7-6-10(16(17)18)8-11(12)14-13/h6-9,14H,4-5,13H2,1-3H3. The molecular formula is C12H20N4O4S. The molecule has 8 nitrogen and oxygen atoms in total. The van der Waals surface area contributed by atoms with Crippen LogP contribution in [0.2, 0.25) is 0 Å². The Morgan fingerprint density at radius 3 is 2.48 bits per heavy atom. The third kappa shape index (κ3) is 3.49. The van der Waals surface area contributed by atoms with Gasteiger partial charge in [0.25, 0.3) is 5.69 Å². The number of benzene rings is 1. The second kappa shape index (κ2) is 6.83. The zero-order valence-electron chi connectivity index (χ0n) is 12.2. The van der Waals surface area contributed by atoms with Crippen LogP contribution >= 0.6 is 0 Å². The Balaban J connectivity index is 3.40. The number of sulfonamides is 1.